The average molecular weight is 267 g/mol. The van der Waals surface area contributed by atoms with Crippen LogP contribution >= 0.6 is 11.6 Å². The van der Waals surface area contributed by atoms with Crippen molar-refractivity contribution in [3.8, 4) is 0 Å². The summed E-state index contributed by atoms with van der Waals surface area (Å²) < 4.78 is 0. The zero-order valence-electron chi connectivity index (χ0n) is 11.3. The Morgan fingerprint density at radius 2 is 1.78 bits per heavy atom. The molecule has 18 heavy (non-hydrogen) atoms. The molecule has 0 aromatic heterocycles. The molecule has 2 nitrogen and oxygen atoms in total. The van der Waals surface area contributed by atoms with E-state index in [4.69, 9.17) is 17.3 Å². The highest BCUT2D eigenvalue weighted by Gasteiger charge is 2.27. The molecule has 1 aliphatic heterocycles. The number of piperidine rings is 1. The summed E-state index contributed by atoms with van der Waals surface area (Å²) in [5.41, 5.74) is 7.27. The maximum absolute atomic E-state index is 5.99. The van der Waals surface area contributed by atoms with E-state index in [0.29, 0.717) is 12.6 Å². The molecule has 3 atom stereocenters. The number of nitrogens with two attached hydrogens (primary N) is 1. The number of nitrogens with zero attached hydrogens (tertiary/aromatic N) is 1. The lowest BCUT2D eigenvalue weighted by molar-refractivity contribution is 0.0984. The van der Waals surface area contributed by atoms with Crippen molar-refractivity contribution in [1.29, 1.82) is 0 Å². The summed E-state index contributed by atoms with van der Waals surface area (Å²) in [4.78, 5) is 2.53. The molecular formula is C15H23ClN2. The fourth-order valence-electron chi connectivity index (χ4n) is 3.15. The maximum atomic E-state index is 5.99. The molecule has 0 amide bonds. The first-order valence-electron chi connectivity index (χ1n) is 6.79. The highest BCUT2D eigenvalue weighted by Crippen LogP contribution is 2.29. The van der Waals surface area contributed by atoms with Gasteiger partial charge in [-0.05, 0) is 36.0 Å². The van der Waals surface area contributed by atoms with Gasteiger partial charge in [0, 0.05) is 30.7 Å². The summed E-state index contributed by atoms with van der Waals surface area (Å²) >= 11 is 5.95. The van der Waals surface area contributed by atoms with E-state index in [2.05, 4.69) is 30.9 Å². The van der Waals surface area contributed by atoms with Gasteiger partial charge < -0.3 is 5.73 Å². The molecule has 100 valence electrons. The molecule has 2 N–H and O–H groups in total. The Morgan fingerprint density at radius 1 is 1.22 bits per heavy atom. The highest BCUT2D eigenvalue weighted by molar-refractivity contribution is 6.30. The van der Waals surface area contributed by atoms with Crippen LogP contribution in [0.15, 0.2) is 24.3 Å². The van der Waals surface area contributed by atoms with Crippen LogP contribution in [0.25, 0.3) is 0 Å². The number of hydrogen-bond donors (Lipinski definition) is 1. The van der Waals surface area contributed by atoms with Crippen LogP contribution < -0.4 is 5.73 Å². The van der Waals surface area contributed by atoms with E-state index in [-0.39, 0.29) is 0 Å². The van der Waals surface area contributed by atoms with Gasteiger partial charge in [0.1, 0.15) is 0 Å². The van der Waals surface area contributed by atoms with Crippen molar-refractivity contribution < 1.29 is 0 Å². The summed E-state index contributed by atoms with van der Waals surface area (Å²) in [6.07, 6.45) is 1.33. The summed E-state index contributed by atoms with van der Waals surface area (Å²) in [6, 6.07) is 8.44. The number of hydrogen-bond acceptors (Lipinski definition) is 2. The Balaban J connectivity index is 2.14. The van der Waals surface area contributed by atoms with E-state index in [0.717, 1.165) is 29.9 Å². The lowest BCUT2D eigenvalue weighted by Crippen LogP contribution is -2.43. The third-order valence-electron chi connectivity index (χ3n) is 3.82. The molecule has 1 fully saturated rings. The van der Waals surface area contributed by atoms with E-state index >= 15 is 0 Å². The van der Waals surface area contributed by atoms with Crippen LogP contribution in [0.2, 0.25) is 5.02 Å². The molecule has 1 aromatic rings. The van der Waals surface area contributed by atoms with Crippen molar-refractivity contribution in [2.75, 3.05) is 19.6 Å². The molecule has 0 aliphatic carbocycles. The van der Waals surface area contributed by atoms with Gasteiger partial charge in [0.15, 0.2) is 0 Å². The molecule has 3 unspecified atom stereocenters. The SMILES string of the molecule is CC1CC(C)CN(C(CN)c2ccc(Cl)cc2)C1. The van der Waals surface area contributed by atoms with Crippen molar-refractivity contribution in [2.24, 2.45) is 17.6 Å². The van der Waals surface area contributed by atoms with Gasteiger partial charge >= 0.3 is 0 Å². The van der Waals surface area contributed by atoms with E-state index in [1.807, 2.05) is 12.1 Å². The van der Waals surface area contributed by atoms with Gasteiger partial charge in [0.05, 0.1) is 0 Å². The fraction of sp³-hybridized carbons (Fsp3) is 0.600. The lowest BCUT2D eigenvalue weighted by atomic mass is 9.90. The molecule has 3 heteroatoms. The maximum Gasteiger partial charge on any atom is 0.0470 e. The number of rotatable bonds is 3. The highest BCUT2D eigenvalue weighted by atomic mass is 35.5. The second kappa shape index (κ2) is 6.05. The zero-order valence-corrected chi connectivity index (χ0v) is 12.0. The fourth-order valence-corrected chi connectivity index (χ4v) is 3.27. The van der Waals surface area contributed by atoms with Crippen molar-refractivity contribution in [2.45, 2.75) is 26.3 Å². The standard InChI is InChI=1S/C15H23ClN2/c1-11-7-12(2)10-18(9-11)15(8-17)13-3-5-14(16)6-4-13/h3-6,11-12,15H,7-10,17H2,1-2H3. The van der Waals surface area contributed by atoms with Gasteiger partial charge in [-0.15, -0.1) is 0 Å². The van der Waals surface area contributed by atoms with Crippen LogP contribution in [0.3, 0.4) is 0 Å². The largest absolute Gasteiger partial charge is 0.329 e. The minimum absolute atomic E-state index is 0.326. The summed E-state index contributed by atoms with van der Waals surface area (Å²) in [6.45, 7) is 7.63. The lowest BCUT2D eigenvalue weighted by Gasteiger charge is -2.40. The molecule has 0 saturated carbocycles. The van der Waals surface area contributed by atoms with Crippen molar-refractivity contribution in [3.63, 3.8) is 0 Å². The van der Waals surface area contributed by atoms with Gasteiger partial charge in [-0.1, -0.05) is 37.6 Å². The van der Waals surface area contributed by atoms with Crippen molar-refractivity contribution in [3.05, 3.63) is 34.9 Å². The number of halogens is 1. The van der Waals surface area contributed by atoms with Crippen LogP contribution in [-0.4, -0.2) is 24.5 Å². The van der Waals surface area contributed by atoms with Crippen LogP contribution in [0.4, 0.5) is 0 Å². The number of benzene rings is 1. The second-order valence-electron chi connectivity index (χ2n) is 5.70. The molecule has 1 saturated heterocycles. The predicted octanol–water partition coefficient (Wildman–Crippen LogP) is 3.32. The Kier molecular flexibility index (Phi) is 4.66. The molecule has 0 radical (unpaired) electrons. The first-order chi connectivity index (χ1) is 8.60. The second-order valence-corrected chi connectivity index (χ2v) is 6.14. The molecule has 2 rings (SSSR count). The molecule has 1 aliphatic rings. The topological polar surface area (TPSA) is 29.3 Å². The van der Waals surface area contributed by atoms with Gasteiger partial charge in [-0.3, -0.25) is 4.90 Å². The Labute approximate surface area is 115 Å². The van der Waals surface area contributed by atoms with Gasteiger partial charge in [0.2, 0.25) is 0 Å². The van der Waals surface area contributed by atoms with Crippen LogP contribution in [0.1, 0.15) is 31.9 Å². The van der Waals surface area contributed by atoms with Crippen LogP contribution in [0, 0.1) is 11.8 Å². The Bertz CT molecular complexity index is 367. The van der Waals surface area contributed by atoms with Crippen LogP contribution in [-0.2, 0) is 0 Å². The van der Waals surface area contributed by atoms with Gasteiger partial charge in [-0.25, -0.2) is 0 Å². The first kappa shape index (κ1) is 13.9. The van der Waals surface area contributed by atoms with E-state index < -0.39 is 0 Å². The summed E-state index contributed by atoms with van der Waals surface area (Å²) in [5.74, 6) is 1.52. The third-order valence-corrected chi connectivity index (χ3v) is 4.07. The monoisotopic (exact) mass is 266 g/mol. The van der Waals surface area contributed by atoms with Crippen molar-refractivity contribution in [1.82, 2.24) is 4.90 Å². The predicted molar refractivity (Wildman–Crippen MR) is 77.8 cm³/mol. The average Bonchev–Trinajstić information content (AvgIpc) is 2.31. The van der Waals surface area contributed by atoms with Crippen LogP contribution in [0.5, 0.6) is 0 Å². The smallest absolute Gasteiger partial charge is 0.0470 e. The van der Waals surface area contributed by atoms with Crippen molar-refractivity contribution >= 4 is 11.6 Å². The Morgan fingerprint density at radius 3 is 2.28 bits per heavy atom. The Hall–Kier alpha value is -0.570. The van der Waals surface area contributed by atoms with E-state index in [1.165, 1.54) is 12.0 Å². The first-order valence-corrected chi connectivity index (χ1v) is 7.17. The number of likely N-dealkylation sites (tertiary alicyclic amines) is 1. The summed E-state index contributed by atoms with van der Waals surface area (Å²) in [5, 5.41) is 0.787. The van der Waals surface area contributed by atoms with Gasteiger partial charge in [-0.2, -0.15) is 0 Å². The minimum Gasteiger partial charge on any atom is -0.329 e. The molecular weight excluding hydrogens is 244 g/mol. The summed E-state index contributed by atoms with van der Waals surface area (Å²) in [7, 11) is 0. The minimum atomic E-state index is 0.326. The molecule has 1 aromatic carbocycles. The quantitative estimate of drug-likeness (QED) is 0.909. The molecule has 0 spiro atoms. The zero-order chi connectivity index (χ0) is 13.1. The van der Waals surface area contributed by atoms with E-state index in [9.17, 15) is 0 Å². The molecule has 1 heterocycles. The van der Waals surface area contributed by atoms with Gasteiger partial charge in [0.25, 0.3) is 0 Å². The normalized spacial score (nSPS) is 27.1. The third kappa shape index (κ3) is 3.25. The molecule has 0 bridgehead atoms. The van der Waals surface area contributed by atoms with E-state index in [1.54, 1.807) is 0 Å².